The Morgan fingerprint density at radius 1 is 1.39 bits per heavy atom. The summed E-state index contributed by atoms with van der Waals surface area (Å²) >= 11 is 0. The monoisotopic (exact) mass is 321 g/mol. The Morgan fingerprint density at radius 2 is 2.09 bits per heavy atom. The Kier molecular flexibility index (Phi) is 5.78. The number of aryl methyl sites for hydroxylation is 1. The molecule has 1 aliphatic heterocycles. The molecule has 1 heterocycles. The topological polar surface area (TPSA) is 84.7 Å². The van der Waals surface area contributed by atoms with E-state index in [0.717, 1.165) is 24.8 Å². The number of amides is 1. The zero-order valence-electron chi connectivity index (χ0n) is 13.6. The van der Waals surface area contributed by atoms with Crippen molar-refractivity contribution < 1.29 is 14.5 Å². The fourth-order valence-corrected chi connectivity index (χ4v) is 2.71. The minimum atomic E-state index is -0.352. The smallest absolute Gasteiger partial charge is 0.409 e. The number of piperidine rings is 1. The quantitative estimate of drug-likeness (QED) is 0.665. The number of hydrogen-bond donors (Lipinski definition) is 1. The Hall–Kier alpha value is -2.31. The first kappa shape index (κ1) is 17.1. The number of hydrogen-bond acceptors (Lipinski definition) is 5. The molecule has 0 radical (unpaired) electrons. The molecule has 1 aliphatic rings. The van der Waals surface area contributed by atoms with Crippen molar-refractivity contribution in [3.8, 4) is 0 Å². The highest BCUT2D eigenvalue weighted by molar-refractivity contribution is 5.68. The second-order valence-electron chi connectivity index (χ2n) is 5.57. The highest BCUT2D eigenvalue weighted by Crippen LogP contribution is 2.28. The predicted molar refractivity (Wildman–Crippen MR) is 87.7 cm³/mol. The third-order valence-electron chi connectivity index (χ3n) is 4.05. The minimum absolute atomic E-state index is 0.108. The zero-order chi connectivity index (χ0) is 16.8. The summed E-state index contributed by atoms with van der Waals surface area (Å²) in [7, 11) is 0. The molecule has 126 valence electrons. The van der Waals surface area contributed by atoms with Gasteiger partial charge in [-0.2, -0.15) is 0 Å². The van der Waals surface area contributed by atoms with Gasteiger partial charge in [-0.05, 0) is 37.8 Å². The molecule has 1 aromatic carbocycles. The SMILES string of the molecule is CCOC(=O)N1CCC(Nc2ccc(CC)cc2[N+](=O)[O-])CC1. The van der Waals surface area contributed by atoms with E-state index in [1.54, 1.807) is 24.0 Å². The first-order valence-corrected chi connectivity index (χ1v) is 8.00. The Bertz CT molecular complexity index is 568. The second kappa shape index (κ2) is 7.80. The van der Waals surface area contributed by atoms with Crippen LogP contribution in [0, 0.1) is 10.1 Å². The predicted octanol–water partition coefficient (Wildman–Crippen LogP) is 3.19. The summed E-state index contributed by atoms with van der Waals surface area (Å²) in [6.07, 6.45) is 1.96. The maximum atomic E-state index is 11.7. The molecule has 7 nitrogen and oxygen atoms in total. The van der Waals surface area contributed by atoms with Gasteiger partial charge in [0.15, 0.2) is 0 Å². The molecule has 0 aromatic heterocycles. The summed E-state index contributed by atoms with van der Waals surface area (Å²) < 4.78 is 4.99. The lowest BCUT2D eigenvalue weighted by Gasteiger charge is -2.32. The standard InChI is InChI=1S/C16H23N3O4/c1-3-12-5-6-14(15(11-12)19(21)22)17-13-7-9-18(10-8-13)16(20)23-4-2/h5-6,11,13,17H,3-4,7-10H2,1-2H3. The summed E-state index contributed by atoms with van der Waals surface area (Å²) in [6.45, 7) is 5.31. The molecule has 0 atom stereocenters. The molecule has 0 unspecified atom stereocenters. The van der Waals surface area contributed by atoms with Crippen LogP contribution in [0.3, 0.4) is 0 Å². The number of nitro benzene ring substituents is 1. The van der Waals surface area contributed by atoms with Crippen LogP contribution in [0.4, 0.5) is 16.2 Å². The number of benzene rings is 1. The molecule has 1 saturated heterocycles. The summed E-state index contributed by atoms with van der Waals surface area (Å²) in [5, 5.41) is 14.5. The van der Waals surface area contributed by atoms with Gasteiger partial charge < -0.3 is 15.0 Å². The van der Waals surface area contributed by atoms with Gasteiger partial charge in [-0.1, -0.05) is 13.0 Å². The van der Waals surface area contributed by atoms with Crippen molar-refractivity contribution in [3.63, 3.8) is 0 Å². The average Bonchev–Trinajstić information content (AvgIpc) is 2.56. The van der Waals surface area contributed by atoms with E-state index in [4.69, 9.17) is 4.74 Å². The number of likely N-dealkylation sites (tertiary alicyclic amines) is 1. The van der Waals surface area contributed by atoms with Gasteiger partial charge in [0.25, 0.3) is 5.69 Å². The van der Waals surface area contributed by atoms with Crippen molar-refractivity contribution in [2.24, 2.45) is 0 Å². The third-order valence-corrected chi connectivity index (χ3v) is 4.05. The van der Waals surface area contributed by atoms with E-state index in [-0.39, 0.29) is 22.7 Å². The van der Waals surface area contributed by atoms with Crippen LogP contribution in [0.25, 0.3) is 0 Å². The number of carbonyl (C=O) groups is 1. The Morgan fingerprint density at radius 3 is 2.65 bits per heavy atom. The molecule has 23 heavy (non-hydrogen) atoms. The number of nitrogens with one attached hydrogen (secondary N) is 1. The molecule has 0 saturated carbocycles. The number of nitro groups is 1. The normalized spacial score (nSPS) is 15.3. The van der Waals surface area contributed by atoms with Crippen LogP contribution in [-0.2, 0) is 11.2 Å². The van der Waals surface area contributed by atoms with Gasteiger partial charge in [0, 0.05) is 25.2 Å². The van der Waals surface area contributed by atoms with Crippen molar-refractivity contribution in [1.82, 2.24) is 4.90 Å². The van der Waals surface area contributed by atoms with E-state index in [9.17, 15) is 14.9 Å². The van der Waals surface area contributed by atoms with E-state index in [1.165, 1.54) is 0 Å². The second-order valence-corrected chi connectivity index (χ2v) is 5.57. The molecular weight excluding hydrogens is 298 g/mol. The van der Waals surface area contributed by atoms with Crippen molar-refractivity contribution >= 4 is 17.5 Å². The average molecular weight is 321 g/mol. The third kappa shape index (κ3) is 4.34. The molecule has 0 spiro atoms. The van der Waals surface area contributed by atoms with Crippen molar-refractivity contribution in [3.05, 3.63) is 33.9 Å². The van der Waals surface area contributed by atoms with Crippen LogP contribution < -0.4 is 5.32 Å². The van der Waals surface area contributed by atoms with Crippen LogP contribution in [0.2, 0.25) is 0 Å². The maximum Gasteiger partial charge on any atom is 0.409 e. The van der Waals surface area contributed by atoms with E-state index >= 15 is 0 Å². The number of carbonyl (C=O) groups excluding carboxylic acids is 1. The van der Waals surface area contributed by atoms with Crippen LogP contribution >= 0.6 is 0 Å². The van der Waals surface area contributed by atoms with Crippen molar-refractivity contribution in [2.75, 3.05) is 25.0 Å². The lowest BCUT2D eigenvalue weighted by atomic mass is 10.0. The molecular formula is C16H23N3O4. The van der Waals surface area contributed by atoms with Crippen molar-refractivity contribution in [2.45, 2.75) is 39.2 Å². The molecule has 0 aliphatic carbocycles. The van der Waals surface area contributed by atoms with Gasteiger partial charge in [-0.15, -0.1) is 0 Å². The zero-order valence-corrected chi connectivity index (χ0v) is 13.6. The van der Waals surface area contributed by atoms with Crippen molar-refractivity contribution in [1.29, 1.82) is 0 Å². The first-order chi connectivity index (χ1) is 11.0. The summed E-state index contributed by atoms with van der Waals surface area (Å²) in [4.78, 5) is 24.2. The number of ether oxygens (including phenoxy) is 1. The Balaban J connectivity index is 1.99. The van der Waals surface area contributed by atoms with Gasteiger partial charge >= 0.3 is 6.09 Å². The van der Waals surface area contributed by atoms with E-state index in [1.807, 2.05) is 13.0 Å². The van der Waals surface area contributed by atoms with E-state index in [0.29, 0.717) is 25.4 Å². The number of anilines is 1. The van der Waals surface area contributed by atoms with Gasteiger partial charge in [-0.25, -0.2) is 4.79 Å². The first-order valence-electron chi connectivity index (χ1n) is 8.00. The molecule has 7 heteroatoms. The number of rotatable bonds is 5. The van der Waals surface area contributed by atoms with E-state index in [2.05, 4.69) is 5.32 Å². The summed E-state index contributed by atoms with van der Waals surface area (Å²) in [6, 6.07) is 5.42. The van der Waals surface area contributed by atoms with E-state index < -0.39 is 0 Å². The van der Waals surface area contributed by atoms with Gasteiger partial charge in [0.05, 0.1) is 11.5 Å². The Labute approximate surface area is 135 Å². The highest BCUT2D eigenvalue weighted by atomic mass is 16.6. The summed E-state index contributed by atoms with van der Waals surface area (Å²) in [5.41, 5.74) is 1.60. The fraction of sp³-hybridized carbons (Fsp3) is 0.562. The largest absolute Gasteiger partial charge is 0.450 e. The minimum Gasteiger partial charge on any atom is -0.450 e. The maximum absolute atomic E-state index is 11.7. The molecule has 0 bridgehead atoms. The molecule has 2 rings (SSSR count). The molecule has 1 fully saturated rings. The lowest BCUT2D eigenvalue weighted by Crippen LogP contribution is -2.42. The van der Waals surface area contributed by atoms with Gasteiger partial charge in [0.2, 0.25) is 0 Å². The number of nitrogens with zero attached hydrogens (tertiary/aromatic N) is 2. The molecule has 1 amide bonds. The van der Waals surface area contributed by atoms with Crippen LogP contribution in [0.5, 0.6) is 0 Å². The lowest BCUT2D eigenvalue weighted by molar-refractivity contribution is -0.384. The van der Waals surface area contributed by atoms with Crippen LogP contribution in [0.1, 0.15) is 32.3 Å². The highest BCUT2D eigenvalue weighted by Gasteiger charge is 2.25. The molecule has 1 N–H and O–H groups in total. The summed E-state index contributed by atoms with van der Waals surface area (Å²) in [5.74, 6) is 0. The van der Waals surface area contributed by atoms with Gasteiger partial charge in [0.1, 0.15) is 5.69 Å². The van der Waals surface area contributed by atoms with Crippen LogP contribution in [0.15, 0.2) is 18.2 Å². The fourth-order valence-electron chi connectivity index (χ4n) is 2.71. The molecule has 1 aromatic rings. The van der Waals surface area contributed by atoms with Gasteiger partial charge in [-0.3, -0.25) is 10.1 Å². The van der Waals surface area contributed by atoms with Crippen LogP contribution in [-0.4, -0.2) is 41.7 Å².